The second-order valence-corrected chi connectivity index (χ2v) is 6.43. The Morgan fingerprint density at radius 3 is 2.31 bits per heavy atom. The Morgan fingerprint density at radius 1 is 0.931 bits per heavy atom. The molecule has 0 aliphatic heterocycles. The maximum absolute atomic E-state index is 12.6. The molecule has 0 radical (unpaired) electrons. The molecule has 2 amide bonds. The zero-order chi connectivity index (χ0) is 20.8. The third-order valence-corrected chi connectivity index (χ3v) is 4.37. The fourth-order valence-electron chi connectivity index (χ4n) is 2.86. The van der Waals surface area contributed by atoms with Crippen LogP contribution in [0.5, 0.6) is 0 Å². The largest absolute Gasteiger partial charge is 0.348 e. The van der Waals surface area contributed by atoms with Crippen molar-refractivity contribution in [2.45, 2.75) is 13.5 Å². The van der Waals surface area contributed by atoms with Crippen LogP contribution in [0, 0.1) is 17.0 Å². The van der Waals surface area contributed by atoms with Crippen LogP contribution in [0.3, 0.4) is 0 Å². The summed E-state index contributed by atoms with van der Waals surface area (Å²) in [5, 5.41) is 16.5. The minimum absolute atomic E-state index is 0.0535. The Kier molecular flexibility index (Phi) is 5.99. The summed E-state index contributed by atoms with van der Waals surface area (Å²) in [5.41, 5.74) is 2.25. The first kappa shape index (κ1) is 19.8. The number of amides is 2. The standard InChI is InChI=1S/C22H19N3O4/c1-15-13-17(11-12-20(15)25(28)29)21(26)24-19-10-6-5-9-18(19)22(27)23-14-16-7-3-2-4-8-16/h2-13H,14H2,1H3,(H,23,27)(H,24,26). The van der Waals surface area contributed by atoms with E-state index >= 15 is 0 Å². The lowest BCUT2D eigenvalue weighted by atomic mass is 10.1. The first-order chi connectivity index (χ1) is 14.0. The molecule has 7 nitrogen and oxygen atoms in total. The topological polar surface area (TPSA) is 101 Å². The minimum Gasteiger partial charge on any atom is -0.348 e. The summed E-state index contributed by atoms with van der Waals surface area (Å²) in [6.07, 6.45) is 0. The quantitative estimate of drug-likeness (QED) is 0.490. The Morgan fingerprint density at radius 2 is 1.62 bits per heavy atom. The molecule has 3 rings (SSSR count). The van der Waals surface area contributed by atoms with Gasteiger partial charge in [0.2, 0.25) is 0 Å². The predicted molar refractivity (Wildman–Crippen MR) is 110 cm³/mol. The van der Waals surface area contributed by atoms with Gasteiger partial charge in [0.15, 0.2) is 0 Å². The molecule has 146 valence electrons. The molecule has 0 aliphatic rings. The van der Waals surface area contributed by atoms with E-state index in [0.29, 0.717) is 23.4 Å². The van der Waals surface area contributed by atoms with Crippen LogP contribution in [0.15, 0.2) is 72.8 Å². The molecule has 3 aromatic rings. The van der Waals surface area contributed by atoms with Crippen molar-refractivity contribution in [1.29, 1.82) is 0 Å². The van der Waals surface area contributed by atoms with Gasteiger partial charge in [-0.3, -0.25) is 19.7 Å². The lowest BCUT2D eigenvalue weighted by Gasteiger charge is -2.12. The van der Waals surface area contributed by atoms with Crippen molar-refractivity contribution < 1.29 is 14.5 Å². The van der Waals surface area contributed by atoms with Gasteiger partial charge in [0.05, 0.1) is 16.2 Å². The van der Waals surface area contributed by atoms with Crippen LogP contribution in [0.4, 0.5) is 11.4 Å². The molecule has 0 atom stereocenters. The number of nitro groups is 1. The van der Waals surface area contributed by atoms with Gasteiger partial charge in [-0.2, -0.15) is 0 Å². The van der Waals surface area contributed by atoms with E-state index in [9.17, 15) is 19.7 Å². The van der Waals surface area contributed by atoms with Gasteiger partial charge in [-0.25, -0.2) is 0 Å². The van der Waals surface area contributed by atoms with E-state index in [1.807, 2.05) is 30.3 Å². The van der Waals surface area contributed by atoms with Gasteiger partial charge >= 0.3 is 0 Å². The second-order valence-electron chi connectivity index (χ2n) is 6.43. The maximum Gasteiger partial charge on any atom is 0.272 e. The van der Waals surface area contributed by atoms with E-state index in [1.165, 1.54) is 18.2 Å². The van der Waals surface area contributed by atoms with Crippen molar-refractivity contribution >= 4 is 23.2 Å². The van der Waals surface area contributed by atoms with E-state index in [0.717, 1.165) is 5.56 Å². The summed E-state index contributed by atoms with van der Waals surface area (Å²) in [5.74, 6) is -0.768. The first-order valence-electron chi connectivity index (χ1n) is 8.93. The van der Waals surface area contributed by atoms with Crippen LogP contribution < -0.4 is 10.6 Å². The van der Waals surface area contributed by atoms with Crippen LogP contribution in [-0.4, -0.2) is 16.7 Å². The van der Waals surface area contributed by atoms with Crippen LogP contribution in [0.25, 0.3) is 0 Å². The second kappa shape index (κ2) is 8.79. The van der Waals surface area contributed by atoms with E-state index in [-0.39, 0.29) is 17.2 Å². The molecule has 3 aromatic carbocycles. The van der Waals surface area contributed by atoms with Gasteiger partial charge in [-0.05, 0) is 36.8 Å². The van der Waals surface area contributed by atoms with Gasteiger partial charge in [-0.1, -0.05) is 42.5 Å². The van der Waals surface area contributed by atoms with Crippen molar-refractivity contribution in [2.24, 2.45) is 0 Å². The lowest BCUT2D eigenvalue weighted by molar-refractivity contribution is -0.385. The minimum atomic E-state index is -0.497. The zero-order valence-corrected chi connectivity index (χ0v) is 15.7. The van der Waals surface area contributed by atoms with E-state index in [2.05, 4.69) is 10.6 Å². The third-order valence-electron chi connectivity index (χ3n) is 4.37. The molecule has 0 unspecified atom stereocenters. The molecular formula is C22H19N3O4. The Bertz CT molecular complexity index is 1060. The number of hydrogen-bond donors (Lipinski definition) is 2. The predicted octanol–water partition coefficient (Wildman–Crippen LogP) is 4.09. The highest BCUT2D eigenvalue weighted by Gasteiger charge is 2.16. The highest BCUT2D eigenvalue weighted by molar-refractivity contribution is 6.09. The molecular weight excluding hydrogens is 370 g/mol. The number of benzene rings is 3. The number of rotatable bonds is 6. The van der Waals surface area contributed by atoms with Crippen molar-refractivity contribution in [1.82, 2.24) is 5.32 Å². The van der Waals surface area contributed by atoms with Gasteiger partial charge < -0.3 is 10.6 Å². The number of carbonyl (C=O) groups excluding carboxylic acids is 2. The van der Waals surface area contributed by atoms with Crippen molar-refractivity contribution in [3.05, 3.63) is 105 Å². The van der Waals surface area contributed by atoms with E-state index in [4.69, 9.17) is 0 Å². The van der Waals surface area contributed by atoms with E-state index < -0.39 is 10.8 Å². The lowest BCUT2D eigenvalue weighted by Crippen LogP contribution is -2.24. The number of aryl methyl sites for hydroxylation is 1. The molecule has 0 fully saturated rings. The molecule has 0 saturated heterocycles. The molecule has 0 spiro atoms. The van der Waals surface area contributed by atoms with Crippen molar-refractivity contribution in [3.8, 4) is 0 Å². The highest BCUT2D eigenvalue weighted by Crippen LogP contribution is 2.21. The summed E-state index contributed by atoms with van der Waals surface area (Å²) in [6.45, 7) is 1.93. The Labute approximate surface area is 167 Å². The van der Waals surface area contributed by atoms with Gasteiger partial charge in [0, 0.05) is 23.7 Å². The SMILES string of the molecule is Cc1cc(C(=O)Nc2ccccc2C(=O)NCc2ccccc2)ccc1[N+](=O)[O-]. The molecule has 0 heterocycles. The van der Waals surface area contributed by atoms with Crippen molar-refractivity contribution in [2.75, 3.05) is 5.32 Å². The van der Waals surface area contributed by atoms with E-state index in [1.54, 1.807) is 31.2 Å². The van der Waals surface area contributed by atoms with Crippen LogP contribution >= 0.6 is 0 Å². The molecule has 0 aromatic heterocycles. The summed E-state index contributed by atoms with van der Waals surface area (Å²) in [7, 11) is 0. The molecule has 0 saturated carbocycles. The van der Waals surface area contributed by atoms with Crippen LogP contribution in [-0.2, 0) is 6.54 Å². The summed E-state index contributed by atoms with van der Waals surface area (Å²) in [6, 6.07) is 20.3. The highest BCUT2D eigenvalue weighted by atomic mass is 16.6. The number of carbonyl (C=O) groups is 2. The average Bonchev–Trinajstić information content (AvgIpc) is 2.72. The number of nitro benzene ring substituents is 1. The van der Waals surface area contributed by atoms with Crippen LogP contribution in [0.1, 0.15) is 31.8 Å². The van der Waals surface area contributed by atoms with Gasteiger partial charge in [-0.15, -0.1) is 0 Å². The number of anilines is 1. The third kappa shape index (κ3) is 4.84. The number of nitrogens with one attached hydrogen (secondary N) is 2. The van der Waals surface area contributed by atoms with Crippen LogP contribution in [0.2, 0.25) is 0 Å². The maximum atomic E-state index is 12.6. The van der Waals surface area contributed by atoms with Gasteiger partial charge in [0.1, 0.15) is 0 Å². The smallest absolute Gasteiger partial charge is 0.272 e. The fourth-order valence-corrected chi connectivity index (χ4v) is 2.86. The van der Waals surface area contributed by atoms with Crippen molar-refractivity contribution in [3.63, 3.8) is 0 Å². The number of hydrogen-bond acceptors (Lipinski definition) is 4. The normalized spacial score (nSPS) is 10.2. The first-order valence-corrected chi connectivity index (χ1v) is 8.93. The summed E-state index contributed by atoms with van der Waals surface area (Å²) < 4.78 is 0. The summed E-state index contributed by atoms with van der Waals surface area (Å²) >= 11 is 0. The molecule has 0 bridgehead atoms. The molecule has 7 heteroatoms. The fraction of sp³-hybridized carbons (Fsp3) is 0.0909. The molecule has 0 aliphatic carbocycles. The molecule has 2 N–H and O–H groups in total. The average molecular weight is 389 g/mol. The Hall–Kier alpha value is -4.00. The number of para-hydroxylation sites is 1. The molecule has 29 heavy (non-hydrogen) atoms. The van der Waals surface area contributed by atoms with Gasteiger partial charge in [0.25, 0.3) is 17.5 Å². The number of nitrogens with zero attached hydrogens (tertiary/aromatic N) is 1. The zero-order valence-electron chi connectivity index (χ0n) is 15.7. The monoisotopic (exact) mass is 389 g/mol. The Balaban J connectivity index is 1.74. The summed E-state index contributed by atoms with van der Waals surface area (Å²) in [4.78, 5) is 35.6.